The zero-order valence-electron chi connectivity index (χ0n) is 11.1. The van der Waals surface area contributed by atoms with E-state index in [9.17, 15) is 0 Å². The lowest BCUT2D eigenvalue weighted by molar-refractivity contribution is 0.0838. The largest absolute Gasteiger partial charge is 0.489 e. The van der Waals surface area contributed by atoms with Crippen LogP contribution in [0.4, 0.5) is 0 Å². The average Bonchev–Trinajstić information content (AvgIpc) is 2.95. The second-order valence-corrected chi connectivity index (χ2v) is 6.18. The fraction of sp³-hybridized carbons (Fsp3) is 0.529. The number of rotatable bonds is 0. The highest BCUT2D eigenvalue weighted by Gasteiger charge is 2.52. The Morgan fingerprint density at radius 1 is 1.28 bits per heavy atom. The third kappa shape index (κ3) is 1.28. The maximum atomic E-state index is 6.41. The summed E-state index contributed by atoms with van der Waals surface area (Å²) in [6.45, 7) is 4.36. The van der Waals surface area contributed by atoms with Crippen LogP contribution in [0.5, 0.6) is 5.75 Å². The lowest BCUT2D eigenvalue weighted by Gasteiger charge is -2.38. The molecule has 2 aliphatic carbocycles. The molecule has 2 fully saturated rings. The van der Waals surface area contributed by atoms with Gasteiger partial charge in [-0.3, -0.25) is 0 Å². The average molecular weight is 240 g/mol. The monoisotopic (exact) mass is 240 g/mol. The van der Waals surface area contributed by atoms with Gasteiger partial charge in [-0.2, -0.15) is 0 Å². The number of allylic oxidation sites excluding steroid dienone is 1. The van der Waals surface area contributed by atoms with Gasteiger partial charge in [-0.1, -0.05) is 29.8 Å². The first-order valence-corrected chi connectivity index (χ1v) is 7.18. The van der Waals surface area contributed by atoms with Crippen LogP contribution in [0.15, 0.2) is 29.8 Å². The van der Waals surface area contributed by atoms with Crippen molar-refractivity contribution in [3.63, 3.8) is 0 Å². The maximum Gasteiger partial charge on any atom is 0.125 e. The Bertz CT molecular complexity index is 528. The Hall–Kier alpha value is -1.24. The second-order valence-electron chi connectivity index (χ2n) is 6.18. The van der Waals surface area contributed by atoms with E-state index in [2.05, 4.69) is 38.1 Å². The van der Waals surface area contributed by atoms with E-state index in [-0.39, 0.29) is 0 Å². The molecule has 94 valence electrons. The van der Waals surface area contributed by atoms with E-state index >= 15 is 0 Å². The molecule has 1 heterocycles. The van der Waals surface area contributed by atoms with Crippen molar-refractivity contribution in [2.45, 2.75) is 39.2 Å². The van der Waals surface area contributed by atoms with Crippen molar-refractivity contribution < 1.29 is 4.74 Å². The SMILES string of the molecule is CC=C1CC2CC1C1Oc3c(C)cccc3CC21. The van der Waals surface area contributed by atoms with Crippen molar-refractivity contribution in [2.75, 3.05) is 0 Å². The van der Waals surface area contributed by atoms with Gasteiger partial charge in [-0.15, -0.1) is 0 Å². The Morgan fingerprint density at radius 2 is 2.17 bits per heavy atom. The predicted molar refractivity (Wildman–Crippen MR) is 72.8 cm³/mol. The first-order chi connectivity index (χ1) is 8.78. The topological polar surface area (TPSA) is 9.23 Å². The molecular formula is C17H20O. The second kappa shape index (κ2) is 3.63. The Morgan fingerprint density at radius 3 is 3.00 bits per heavy atom. The lowest BCUT2D eigenvalue weighted by Crippen LogP contribution is -2.38. The molecule has 1 aromatic rings. The summed E-state index contributed by atoms with van der Waals surface area (Å²) in [6, 6.07) is 6.59. The maximum absolute atomic E-state index is 6.41. The van der Waals surface area contributed by atoms with Crippen LogP contribution >= 0.6 is 0 Å². The summed E-state index contributed by atoms with van der Waals surface area (Å²) >= 11 is 0. The van der Waals surface area contributed by atoms with E-state index in [1.165, 1.54) is 36.1 Å². The van der Waals surface area contributed by atoms with Gasteiger partial charge in [0.1, 0.15) is 11.9 Å². The number of para-hydroxylation sites is 1. The number of benzene rings is 1. The smallest absolute Gasteiger partial charge is 0.125 e. The van der Waals surface area contributed by atoms with Crippen LogP contribution in [0.2, 0.25) is 0 Å². The van der Waals surface area contributed by atoms with Crippen LogP contribution in [0.1, 0.15) is 30.9 Å². The van der Waals surface area contributed by atoms with E-state index in [1.807, 2.05) is 0 Å². The minimum atomic E-state index is 0.462. The summed E-state index contributed by atoms with van der Waals surface area (Å²) in [6.07, 6.45) is 6.72. The van der Waals surface area contributed by atoms with Gasteiger partial charge >= 0.3 is 0 Å². The van der Waals surface area contributed by atoms with Gasteiger partial charge in [0.25, 0.3) is 0 Å². The summed E-state index contributed by atoms with van der Waals surface area (Å²) in [4.78, 5) is 0. The van der Waals surface area contributed by atoms with Crippen molar-refractivity contribution in [3.8, 4) is 5.75 Å². The molecule has 1 heteroatoms. The third-order valence-corrected chi connectivity index (χ3v) is 5.33. The molecule has 2 bridgehead atoms. The molecular weight excluding hydrogens is 220 g/mol. The molecule has 0 N–H and O–H groups in total. The van der Waals surface area contributed by atoms with Gasteiger partial charge in [-0.25, -0.2) is 0 Å². The van der Waals surface area contributed by atoms with Crippen LogP contribution in [0.3, 0.4) is 0 Å². The van der Waals surface area contributed by atoms with Gasteiger partial charge in [0.05, 0.1) is 0 Å². The molecule has 4 unspecified atom stereocenters. The van der Waals surface area contributed by atoms with E-state index in [0.29, 0.717) is 12.0 Å². The highest BCUT2D eigenvalue weighted by molar-refractivity contribution is 5.44. The Labute approximate surface area is 109 Å². The fourth-order valence-electron chi connectivity index (χ4n) is 4.47. The summed E-state index contributed by atoms with van der Waals surface area (Å²) in [5.41, 5.74) is 4.39. The fourth-order valence-corrected chi connectivity index (χ4v) is 4.47. The van der Waals surface area contributed by atoms with Gasteiger partial charge in [0.15, 0.2) is 0 Å². The minimum absolute atomic E-state index is 0.462. The molecule has 0 saturated heterocycles. The molecule has 18 heavy (non-hydrogen) atoms. The van der Waals surface area contributed by atoms with Crippen LogP contribution in [0.25, 0.3) is 0 Å². The van der Waals surface area contributed by atoms with Crippen LogP contribution in [-0.4, -0.2) is 6.10 Å². The van der Waals surface area contributed by atoms with Crippen LogP contribution in [0, 0.1) is 24.7 Å². The van der Waals surface area contributed by atoms with Crippen molar-refractivity contribution in [1.82, 2.24) is 0 Å². The molecule has 0 aromatic heterocycles. The lowest BCUT2D eigenvalue weighted by atomic mass is 9.78. The summed E-state index contributed by atoms with van der Waals surface area (Å²) < 4.78 is 6.41. The highest BCUT2D eigenvalue weighted by Crippen LogP contribution is 2.56. The summed E-state index contributed by atoms with van der Waals surface area (Å²) in [5.74, 6) is 3.53. The molecule has 0 spiro atoms. The highest BCUT2D eigenvalue weighted by atomic mass is 16.5. The number of aryl methyl sites for hydroxylation is 1. The van der Waals surface area contributed by atoms with E-state index in [4.69, 9.17) is 4.74 Å². The van der Waals surface area contributed by atoms with Gasteiger partial charge in [0, 0.05) is 11.8 Å². The van der Waals surface area contributed by atoms with Crippen LogP contribution in [-0.2, 0) is 6.42 Å². The number of hydrogen-bond donors (Lipinski definition) is 0. The van der Waals surface area contributed by atoms with E-state index in [0.717, 1.165) is 11.8 Å². The van der Waals surface area contributed by atoms with Crippen molar-refractivity contribution in [1.29, 1.82) is 0 Å². The van der Waals surface area contributed by atoms with Gasteiger partial charge in [-0.05, 0) is 50.2 Å². The van der Waals surface area contributed by atoms with Gasteiger partial charge in [0.2, 0.25) is 0 Å². The molecule has 1 aromatic carbocycles. The third-order valence-electron chi connectivity index (χ3n) is 5.33. The first kappa shape index (κ1) is 10.7. The molecule has 4 rings (SSSR count). The zero-order valence-corrected chi connectivity index (χ0v) is 11.1. The predicted octanol–water partition coefficient (Wildman–Crippen LogP) is 3.90. The Balaban J connectivity index is 1.75. The van der Waals surface area contributed by atoms with Crippen molar-refractivity contribution >= 4 is 0 Å². The first-order valence-electron chi connectivity index (χ1n) is 7.18. The zero-order chi connectivity index (χ0) is 12.3. The molecule has 1 aliphatic heterocycles. The summed E-state index contributed by atoms with van der Waals surface area (Å²) in [5, 5.41) is 0. The molecule has 3 aliphatic rings. The van der Waals surface area contributed by atoms with Gasteiger partial charge < -0.3 is 4.74 Å². The molecule has 2 saturated carbocycles. The van der Waals surface area contributed by atoms with Crippen LogP contribution < -0.4 is 4.74 Å². The van der Waals surface area contributed by atoms with Crippen molar-refractivity contribution in [3.05, 3.63) is 41.0 Å². The quantitative estimate of drug-likeness (QED) is 0.625. The number of fused-ring (bicyclic) bond motifs is 6. The summed E-state index contributed by atoms with van der Waals surface area (Å²) in [7, 11) is 0. The van der Waals surface area contributed by atoms with E-state index in [1.54, 1.807) is 5.57 Å². The van der Waals surface area contributed by atoms with E-state index < -0.39 is 0 Å². The number of hydrogen-bond acceptors (Lipinski definition) is 1. The Kier molecular flexibility index (Phi) is 2.15. The number of ether oxygens (including phenoxy) is 1. The minimum Gasteiger partial charge on any atom is -0.489 e. The molecule has 4 atom stereocenters. The normalized spacial score (nSPS) is 38.4. The molecule has 0 amide bonds. The standard InChI is InChI=1S/C17H20O/c1-3-11-7-13-9-14(11)17-15(13)8-12-6-4-5-10(2)16(12)18-17/h3-6,13-15,17H,7-9H2,1-2H3. The molecule has 0 radical (unpaired) electrons. The van der Waals surface area contributed by atoms with Crippen molar-refractivity contribution in [2.24, 2.45) is 17.8 Å². The molecule has 1 nitrogen and oxygen atoms in total.